The highest BCUT2D eigenvalue weighted by Crippen LogP contribution is 2.31. The minimum absolute atomic E-state index is 0.277. The van der Waals surface area contributed by atoms with E-state index in [0.717, 1.165) is 26.8 Å². The molecule has 0 radical (unpaired) electrons. The number of amides is 1. The summed E-state index contributed by atoms with van der Waals surface area (Å²) in [5.41, 5.74) is 2.88. The fourth-order valence-electron chi connectivity index (χ4n) is 3.22. The second-order valence-electron chi connectivity index (χ2n) is 6.80. The standard InChI is InChI=1S/C25H20BrNO4/c1-29-20-9-6-16(7-10-20)22(24-13-17-12-18(26)8-11-23(17)31-24)15-25(28)27-19-4-3-5-21(14-19)30-2/h3-15H,1-2H3,(H,27,28). The summed E-state index contributed by atoms with van der Waals surface area (Å²) in [5, 5.41) is 3.82. The molecule has 0 atom stereocenters. The van der Waals surface area contributed by atoms with Crippen LogP contribution < -0.4 is 14.8 Å². The van der Waals surface area contributed by atoms with E-state index >= 15 is 0 Å². The summed E-state index contributed by atoms with van der Waals surface area (Å²) < 4.78 is 17.5. The second kappa shape index (κ2) is 9.10. The van der Waals surface area contributed by atoms with Gasteiger partial charge < -0.3 is 19.2 Å². The Morgan fingerprint density at radius 2 is 1.71 bits per heavy atom. The summed E-state index contributed by atoms with van der Waals surface area (Å²) in [7, 11) is 3.20. The van der Waals surface area contributed by atoms with Gasteiger partial charge in [-0.1, -0.05) is 34.1 Å². The lowest BCUT2D eigenvalue weighted by molar-refractivity contribution is -0.111. The number of furan rings is 1. The maximum atomic E-state index is 12.9. The first-order valence-electron chi connectivity index (χ1n) is 9.56. The van der Waals surface area contributed by atoms with Gasteiger partial charge in [-0.15, -0.1) is 0 Å². The quantitative estimate of drug-likeness (QED) is 0.331. The summed E-state index contributed by atoms with van der Waals surface area (Å²) >= 11 is 3.48. The number of nitrogens with one attached hydrogen (secondary N) is 1. The molecule has 0 spiro atoms. The predicted octanol–water partition coefficient (Wildman–Crippen LogP) is 6.28. The fraction of sp³-hybridized carbons (Fsp3) is 0.0800. The molecule has 4 rings (SSSR count). The summed E-state index contributed by atoms with van der Waals surface area (Å²) in [4.78, 5) is 12.9. The Labute approximate surface area is 188 Å². The molecule has 0 unspecified atom stereocenters. The van der Waals surface area contributed by atoms with Crippen LogP contribution >= 0.6 is 15.9 Å². The van der Waals surface area contributed by atoms with Gasteiger partial charge in [0, 0.05) is 33.3 Å². The highest BCUT2D eigenvalue weighted by molar-refractivity contribution is 9.10. The van der Waals surface area contributed by atoms with Crippen molar-refractivity contribution in [2.75, 3.05) is 19.5 Å². The maximum Gasteiger partial charge on any atom is 0.249 e. The summed E-state index contributed by atoms with van der Waals surface area (Å²) in [5.74, 6) is 1.72. The van der Waals surface area contributed by atoms with Crippen LogP contribution in [0.25, 0.3) is 16.5 Å². The average Bonchev–Trinajstić information content (AvgIpc) is 3.20. The van der Waals surface area contributed by atoms with Crippen molar-refractivity contribution in [3.05, 3.63) is 94.7 Å². The van der Waals surface area contributed by atoms with Crippen LogP contribution in [0.1, 0.15) is 11.3 Å². The van der Waals surface area contributed by atoms with Crippen LogP contribution in [0, 0.1) is 0 Å². The first-order chi connectivity index (χ1) is 15.1. The van der Waals surface area contributed by atoms with Gasteiger partial charge in [-0.2, -0.15) is 0 Å². The Morgan fingerprint density at radius 3 is 2.45 bits per heavy atom. The van der Waals surface area contributed by atoms with E-state index in [1.165, 1.54) is 6.08 Å². The first kappa shape index (κ1) is 20.8. The summed E-state index contributed by atoms with van der Waals surface area (Å²) in [6, 6.07) is 22.4. The molecule has 0 saturated heterocycles. The van der Waals surface area contributed by atoms with Gasteiger partial charge in [0.05, 0.1) is 14.2 Å². The molecule has 0 fully saturated rings. The van der Waals surface area contributed by atoms with E-state index < -0.39 is 0 Å². The second-order valence-corrected chi connectivity index (χ2v) is 7.72. The van der Waals surface area contributed by atoms with Crippen LogP contribution in [0.3, 0.4) is 0 Å². The lowest BCUT2D eigenvalue weighted by atomic mass is 10.0. The van der Waals surface area contributed by atoms with Crippen molar-refractivity contribution in [1.29, 1.82) is 0 Å². The molecule has 0 saturated carbocycles. The molecule has 1 N–H and O–H groups in total. The highest BCUT2D eigenvalue weighted by atomic mass is 79.9. The van der Waals surface area contributed by atoms with Crippen molar-refractivity contribution < 1.29 is 18.7 Å². The van der Waals surface area contributed by atoms with Crippen molar-refractivity contribution in [1.82, 2.24) is 0 Å². The lowest BCUT2D eigenvalue weighted by Gasteiger charge is -2.08. The number of halogens is 1. The smallest absolute Gasteiger partial charge is 0.249 e. The van der Waals surface area contributed by atoms with E-state index in [1.54, 1.807) is 26.4 Å². The average molecular weight is 478 g/mol. The number of hydrogen-bond donors (Lipinski definition) is 1. The number of fused-ring (bicyclic) bond motifs is 1. The molecule has 5 nitrogen and oxygen atoms in total. The van der Waals surface area contributed by atoms with Crippen molar-refractivity contribution in [2.24, 2.45) is 0 Å². The van der Waals surface area contributed by atoms with Gasteiger partial charge in [0.25, 0.3) is 0 Å². The van der Waals surface area contributed by atoms with Crippen LogP contribution in [0.2, 0.25) is 0 Å². The molecular weight excluding hydrogens is 458 g/mol. The number of benzene rings is 3. The third-order valence-electron chi connectivity index (χ3n) is 4.76. The van der Waals surface area contributed by atoms with Crippen molar-refractivity contribution in [3.63, 3.8) is 0 Å². The Kier molecular flexibility index (Phi) is 6.09. The number of anilines is 1. The number of ether oxygens (including phenoxy) is 2. The minimum atomic E-state index is -0.277. The van der Waals surface area contributed by atoms with Gasteiger partial charge >= 0.3 is 0 Å². The van der Waals surface area contributed by atoms with Gasteiger partial charge in [-0.05, 0) is 54.1 Å². The lowest BCUT2D eigenvalue weighted by Crippen LogP contribution is -2.09. The van der Waals surface area contributed by atoms with E-state index in [0.29, 0.717) is 22.8 Å². The molecule has 0 aliphatic carbocycles. The highest BCUT2D eigenvalue weighted by Gasteiger charge is 2.14. The molecule has 0 aliphatic heterocycles. The number of carbonyl (C=O) groups excluding carboxylic acids is 1. The molecule has 1 amide bonds. The topological polar surface area (TPSA) is 60.7 Å². The minimum Gasteiger partial charge on any atom is -0.497 e. The molecule has 0 bridgehead atoms. The monoisotopic (exact) mass is 477 g/mol. The van der Waals surface area contributed by atoms with Gasteiger partial charge in [-0.25, -0.2) is 0 Å². The van der Waals surface area contributed by atoms with Crippen LogP contribution in [0.4, 0.5) is 5.69 Å². The molecule has 1 heterocycles. The number of hydrogen-bond acceptors (Lipinski definition) is 4. The number of methoxy groups -OCH3 is 2. The Bertz CT molecular complexity index is 1260. The largest absolute Gasteiger partial charge is 0.497 e. The van der Waals surface area contributed by atoms with E-state index in [4.69, 9.17) is 13.9 Å². The molecule has 6 heteroatoms. The Hall–Kier alpha value is -3.51. The van der Waals surface area contributed by atoms with Crippen LogP contribution in [0.5, 0.6) is 11.5 Å². The number of carbonyl (C=O) groups is 1. The van der Waals surface area contributed by atoms with Crippen molar-refractivity contribution >= 4 is 44.1 Å². The molecule has 1 aromatic heterocycles. The van der Waals surface area contributed by atoms with Crippen molar-refractivity contribution in [3.8, 4) is 11.5 Å². The van der Waals surface area contributed by atoms with Gasteiger partial charge in [0.2, 0.25) is 5.91 Å². The van der Waals surface area contributed by atoms with Crippen LogP contribution in [-0.4, -0.2) is 20.1 Å². The zero-order chi connectivity index (χ0) is 21.8. The number of rotatable bonds is 6. The van der Waals surface area contributed by atoms with Gasteiger partial charge in [0.15, 0.2) is 0 Å². The zero-order valence-corrected chi connectivity index (χ0v) is 18.6. The third-order valence-corrected chi connectivity index (χ3v) is 5.25. The summed E-state index contributed by atoms with van der Waals surface area (Å²) in [6.45, 7) is 0. The van der Waals surface area contributed by atoms with E-state index in [2.05, 4.69) is 21.2 Å². The van der Waals surface area contributed by atoms with Gasteiger partial charge in [0.1, 0.15) is 22.8 Å². The molecule has 0 aliphatic rings. The molecule has 4 aromatic rings. The first-order valence-corrected chi connectivity index (χ1v) is 10.4. The molecule has 3 aromatic carbocycles. The molecule has 156 valence electrons. The summed E-state index contributed by atoms with van der Waals surface area (Å²) in [6.07, 6.45) is 1.54. The Balaban J connectivity index is 1.73. The van der Waals surface area contributed by atoms with E-state index in [1.807, 2.05) is 60.7 Å². The fourth-order valence-corrected chi connectivity index (χ4v) is 3.60. The van der Waals surface area contributed by atoms with Gasteiger partial charge in [-0.3, -0.25) is 4.79 Å². The van der Waals surface area contributed by atoms with Crippen LogP contribution in [-0.2, 0) is 4.79 Å². The predicted molar refractivity (Wildman–Crippen MR) is 126 cm³/mol. The molecular formula is C25H20BrNO4. The van der Waals surface area contributed by atoms with E-state index in [-0.39, 0.29) is 5.91 Å². The van der Waals surface area contributed by atoms with Crippen LogP contribution in [0.15, 0.2) is 87.8 Å². The zero-order valence-electron chi connectivity index (χ0n) is 17.0. The van der Waals surface area contributed by atoms with Crippen molar-refractivity contribution in [2.45, 2.75) is 0 Å². The van der Waals surface area contributed by atoms with E-state index in [9.17, 15) is 4.79 Å². The molecule has 31 heavy (non-hydrogen) atoms. The maximum absolute atomic E-state index is 12.9. The SMILES string of the molecule is COc1ccc(C(=CC(=O)Nc2cccc(OC)c2)c2cc3cc(Br)ccc3o2)cc1. The third kappa shape index (κ3) is 4.81. The Morgan fingerprint density at radius 1 is 0.935 bits per heavy atom. The normalized spacial score (nSPS) is 11.4.